The summed E-state index contributed by atoms with van der Waals surface area (Å²) in [6.45, 7) is 3.12. The van der Waals surface area contributed by atoms with Gasteiger partial charge in [0.25, 0.3) is 0 Å². The van der Waals surface area contributed by atoms with Crippen molar-refractivity contribution in [3.8, 4) is 16.9 Å². The molecule has 3 heteroatoms. The van der Waals surface area contributed by atoms with Crippen molar-refractivity contribution in [3.63, 3.8) is 0 Å². The Hall–Kier alpha value is -2.62. The van der Waals surface area contributed by atoms with Crippen LogP contribution in [0.3, 0.4) is 0 Å². The van der Waals surface area contributed by atoms with E-state index in [-0.39, 0.29) is 0 Å². The minimum absolute atomic E-state index is 0.300. The fourth-order valence-electron chi connectivity index (χ4n) is 3.39. The first-order valence-corrected chi connectivity index (χ1v) is 10.1. The van der Waals surface area contributed by atoms with E-state index in [1.54, 1.807) is 0 Å². The molecule has 0 saturated heterocycles. The third-order valence-electron chi connectivity index (χ3n) is 4.92. The molecule has 3 aromatic rings. The van der Waals surface area contributed by atoms with E-state index in [9.17, 15) is 5.11 Å². The van der Waals surface area contributed by atoms with Crippen LogP contribution in [0.15, 0.2) is 84.9 Å². The number of aliphatic hydroxyl groups excluding tert-OH is 1. The maximum absolute atomic E-state index is 10.4. The van der Waals surface area contributed by atoms with Gasteiger partial charge in [-0.15, -0.1) is 0 Å². The SMILES string of the molecule is CCC[C@H]([NH2+]C[C@H](O)COc1ccc(-c2ccccc2)cc1)c1ccccc1. The average Bonchev–Trinajstić information content (AvgIpc) is 2.77. The Morgan fingerprint density at radius 3 is 2.07 bits per heavy atom. The molecule has 0 aliphatic rings. The first-order valence-electron chi connectivity index (χ1n) is 10.1. The van der Waals surface area contributed by atoms with Gasteiger partial charge in [0.05, 0.1) is 0 Å². The zero-order valence-corrected chi connectivity index (χ0v) is 16.5. The van der Waals surface area contributed by atoms with Gasteiger partial charge in [0.2, 0.25) is 0 Å². The van der Waals surface area contributed by atoms with Crippen molar-refractivity contribution in [2.24, 2.45) is 0 Å². The molecule has 0 fully saturated rings. The number of hydrogen-bond donors (Lipinski definition) is 2. The van der Waals surface area contributed by atoms with Gasteiger partial charge in [0.1, 0.15) is 31.0 Å². The Morgan fingerprint density at radius 1 is 0.821 bits per heavy atom. The molecule has 0 heterocycles. The maximum atomic E-state index is 10.4. The second-order valence-corrected chi connectivity index (χ2v) is 7.13. The minimum Gasteiger partial charge on any atom is -0.491 e. The normalized spacial score (nSPS) is 13.1. The summed E-state index contributed by atoms with van der Waals surface area (Å²) in [4.78, 5) is 0. The Labute approximate surface area is 168 Å². The monoisotopic (exact) mass is 376 g/mol. The zero-order valence-electron chi connectivity index (χ0n) is 16.5. The van der Waals surface area contributed by atoms with Crippen LogP contribution in [0.2, 0.25) is 0 Å². The van der Waals surface area contributed by atoms with E-state index in [1.807, 2.05) is 36.4 Å². The molecule has 146 valence electrons. The second-order valence-electron chi connectivity index (χ2n) is 7.13. The number of hydrogen-bond acceptors (Lipinski definition) is 2. The Bertz CT molecular complexity index is 803. The van der Waals surface area contributed by atoms with E-state index in [1.165, 1.54) is 11.1 Å². The van der Waals surface area contributed by atoms with E-state index >= 15 is 0 Å². The molecule has 3 rings (SSSR count). The van der Waals surface area contributed by atoms with E-state index in [2.05, 4.69) is 60.8 Å². The van der Waals surface area contributed by atoms with Crippen LogP contribution in [0, 0.1) is 0 Å². The lowest BCUT2D eigenvalue weighted by atomic mass is 10.0. The quantitative estimate of drug-likeness (QED) is 0.557. The number of quaternary nitrogens is 1. The number of aliphatic hydroxyl groups is 1. The fourth-order valence-corrected chi connectivity index (χ4v) is 3.39. The van der Waals surface area contributed by atoms with Crippen molar-refractivity contribution in [2.45, 2.75) is 31.9 Å². The van der Waals surface area contributed by atoms with Crippen molar-refractivity contribution < 1.29 is 15.2 Å². The largest absolute Gasteiger partial charge is 0.491 e. The first kappa shape index (κ1) is 20.1. The summed E-state index contributed by atoms with van der Waals surface area (Å²) in [7, 11) is 0. The summed E-state index contributed by atoms with van der Waals surface area (Å²) in [5.41, 5.74) is 3.66. The third-order valence-corrected chi connectivity index (χ3v) is 4.92. The number of benzene rings is 3. The van der Waals surface area contributed by atoms with Crippen LogP contribution >= 0.6 is 0 Å². The van der Waals surface area contributed by atoms with E-state index in [0.29, 0.717) is 19.2 Å². The summed E-state index contributed by atoms with van der Waals surface area (Å²) in [5, 5.41) is 12.6. The third kappa shape index (κ3) is 5.95. The maximum Gasteiger partial charge on any atom is 0.137 e. The summed E-state index contributed by atoms with van der Waals surface area (Å²) < 4.78 is 5.79. The van der Waals surface area contributed by atoms with Crippen molar-refractivity contribution in [1.82, 2.24) is 0 Å². The summed E-state index contributed by atoms with van der Waals surface area (Å²) in [5.74, 6) is 0.784. The van der Waals surface area contributed by atoms with Crippen molar-refractivity contribution in [2.75, 3.05) is 13.2 Å². The molecule has 28 heavy (non-hydrogen) atoms. The van der Waals surface area contributed by atoms with Crippen LogP contribution < -0.4 is 10.1 Å². The molecule has 0 aliphatic carbocycles. The molecule has 0 amide bonds. The molecule has 3 nitrogen and oxygen atoms in total. The van der Waals surface area contributed by atoms with E-state index < -0.39 is 6.10 Å². The van der Waals surface area contributed by atoms with Crippen LogP contribution in [-0.4, -0.2) is 24.4 Å². The first-order chi connectivity index (χ1) is 13.8. The standard InChI is InChI=1S/C25H29NO2/c1-2-9-25(22-12-7-4-8-13-22)26-18-23(27)19-28-24-16-14-21(15-17-24)20-10-5-3-6-11-20/h3-8,10-17,23,25-27H,2,9,18-19H2,1H3/p+1/t23-,25-/m0/s1. The van der Waals surface area contributed by atoms with Crippen LogP contribution in [0.5, 0.6) is 5.75 Å². The topological polar surface area (TPSA) is 46.1 Å². The molecule has 0 aromatic heterocycles. The number of nitrogens with two attached hydrogens (primary N) is 1. The van der Waals surface area contributed by atoms with Gasteiger partial charge in [0, 0.05) is 12.0 Å². The molecule has 0 unspecified atom stereocenters. The smallest absolute Gasteiger partial charge is 0.137 e. The molecular weight excluding hydrogens is 346 g/mol. The highest BCUT2D eigenvalue weighted by molar-refractivity contribution is 5.63. The van der Waals surface area contributed by atoms with Gasteiger partial charge < -0.3 is 15.2 Å². The number of rotatable bonds is 10. The molecule has 2 atom stereocenters. The van der Waals surface area contributed by atoms with Gasteiger partial charge in [-0.3, -0.25) is 0 Å². The Morgan fingerprint density at radius 2 is 1.43 bits per heavy atom. The van der Waals surface area contributed by atoms with Gasteiger partial charge in [-0.25, -0.2) is 0 Å². The van der Waals surface area contributed by atoms with Crippen molar-refractivity contribution in [3.05, 3.63) is 90.5 Å². The molecule has 0 spiro atoms. The van der Waals surface area contributed by atoms with Crippen LogP contribution in [0.1, 0.15) is 31.4 Å². The Balaban J connectivity index is 1.48. The van der Waals surface area contributed by atoms with Crippen molar-refractivity contribution in [1.29, 1.82) is 0 Å². The van der Waals surface area contributed by atoms with Gasteiger partial charge in [-0.1, -0.05) is 86.1 Å². The minimum atomic E-state index is -0.503. The highest BCUT2D eigenvalue weighted by Gasteiger charge is 2.16. The second kappa shape index (κ2) is 10.6. The lowest BCUT2D eigenvalue weighted by molar-refractivity contribution is -0.702. The summed E-state index contributed by atoms with van der Waals surface area (Å²) >= 11 is 0. The van der Waals surface area contributed by atoms with Crippen molar-refractivity contribution >= 4 is 0 Å². The molecular formula is C25H30NO2+. The highest BCUT2D eigenvalue weighted by atomic mass is 16.5. The summed E-state index contributed by atoms with van der Waals surface area (Å²) in [6, 6.07) is 29.2. The predicted octanol–water partition coefficient (Wildman–Crippen LogP) is 4.20. The average molecular weight is 377 g/mol. The van der Waals surface area contributed by atoms with Gasteiger partial charge in [-0.2, -0.15) is 0 Å². The fraction of sp³-hybridized carbons (Fsp3) is 0.280. The predicted molar refractivity (Wildman–Crippen MR) is 114 cm³/mol. The molecule has 0 radical (unpaired) electrons. The van der Waals surface area contributed by atoms with Gasteiger partial charge in [0.15, 0.2) is 0 Å². The number of ether oxygens (including phenoxy) is 1. The summed E-state index contributed by atoms with van der Waals surface area (Å²) in [6.07, 6.45) is 1.71. The highest BCUT2D eigenvalue weighted by Crippen LogP contribution is 2.22. The lowest BCUT2D eigenvalue weighted by Crippen LogP contribution is -2.87. The molecule has 0 saturated carbocycles. The van der Waals surface area contributed by atoms with E-state index in [0.717, 1.165) is 24.2 Å². The van der Waals surface area contributed by atoms with Crippen LogP contribution in [0.25, 0.3) is 11.1 Å². The van der Waals surface area contributed by atoms with Crippen LogP contribution in [-0.2, 0) is 0 Å². The molecule has 0 aliphatic heterocycles. The lowest BCUT2D eigenvalue weighted by Gasteiger charge is -2.18. The molecule has 3 aromatic carbocycles. The van der Waals surface area contributed by atoms with Gasteiger partial charge >= 0.3 is 0 Å². The molecule has 0 bridgehead atoms. The van der Waals surface area contributed by atoms with Crippen LogP contribution in [0.4, 0.5) is 0 Å². The van der Waals surface area contributed by atoms with E-state index in [4.69, 9.17) is 4.74 Å². The Kier molecular flexibility index (Phi) is 7.65. The zero-order chi connectivity index (χ0) is 19.6. The molecule has 3 N–H and O–H groups in total. The van der Waals surface area contributed by atoms with Gasteiger partial charge in [-0.05, 0) is 23.3 Å².